The molecule has 7 heteroatoms. The van der Waals surface area contributed by atoms with Gasteiger partial charge in [0.05, 0.1) is 16.2 Å². The zero-order valence-corrected chi connectivity index (χ0v) is 11.5. The van der Waals surface area contributed by atoms with Crippen molar-refractivity contribution in [3.63, 3.8) is 0 Å². The molecule has 0 radical (unpaired) electrons. The monoisotopic (exact) mass is 286 g/mol. The highest BCUT2D eigenvalue weighted by Gasteiger charge is 2.35. The first-order valence-electron chi connectivity index (χ1n) is 6.03. The van der Waals surface area contributed by atoms with E-state index in [1.807, 2.05) is 0 Å². The number of nitrogens with two attached hydrogens (primary N) is 1. The second-order valence-corrected chi connectivity index (χ2v) is 7.10. The van der Waals surface area contributed by atoms with Gasteiger partial charge in [0.2, 0.25) is 10.0 Å². The summed E-state index contributed by atoms with van der Waals surface area (Å²) in [6.07, 6.45) is 1.19. The Kier molecular flexibility index (Phi) is 3.46. The fourth-order valence-corrected chi connectivity index (χ4v) is 3.85. The maximum absolute atomic E-state index is 12.4. The molecule has 4 N–H and O–H groups in total. The Hall–Kier alpha value is -1.31. The third-order valence-electron chi connectivity index (χ3n) is 3.28. The maximum Gasteiger partial charge on any atom is 0.243 e. The number of aromatic hydroxyl groups is 1. The van der Waals surface area contributed by atoms with E-state index in [2.05, 4.69) is 0 Å². The largest absolute Gasteiger partial charge is 0.506 e. The smallest absolute Gasteiger partial charge is 0.243 e. The number of anilines is 1. The standard InChI is InChI=1S/C12H18N2O4S/c1-12(16)5-2-6-14(8-12)19(17,18)9-3-4-11(15)10(13)7-9/h3-4,7,15-16H,2,5-6,8,13H2,1H3. The van der Waals surface area contributed by atoms with Gasteiger partial charge in [0.1, 0.15) is 5.75 Å². The molecule has 1 aliphatic rings. The second-order valence-electron chi connectivity index (χ2n) is 5.16. The third kappa shape index (κ3) is 2.83. The van der Waals surface area contributed by atoms with Crippen LogP contribution in [0.15, 0.2) is 23.1 Å². The Morgan fingerprint density at radius 2 is 2.11 bits per heavy atom. The number of hydrogen-bond donors (Lipinski definition) is 3. The number of phenolic OH excluding ortho intramolecular Hbond substituents is 1. The number of β-amino-alcohol motifs (C(OH)–C–C–N with tert-alkyl or cyclic N) is 1. The lowest BCUT2D eigenvalue weighted by Gasteiger charge is -2.35. The minimum Gasteiger partial charge on any atom is -0.506 e. The number of nitrogens with zero attached hydrogens (tertiary/aromatic N) is 1. The molecule has 1 fully saturated rings. The predicted octanol–water partition coefficient (Wildman–Crippen LogP) is 0.510. The van der Waals surface area contributed by atoms with Crippen molar-refractivity contribution in [2.75, 3.05) is 18.8 Å². The summed E-state index contributed by atoms with van der Waals surface area (Å²) < 4.78 is 26.1. The van der Waals surface area contributed by atoms with Gasteiger partial charge in [-0.05, 0) is 38.0 Å². The highest BCUT2D eigenvalue weighted by atomic mass is 32.2. The Balaban J connectivity index is 2.34. The quantitative estimate of drug-likeness (QED) is 0.543. The summed E-state index contributed by atoms with van der Waals surface area (Å²) in [6.45, 7) is 2.06. The van der Waals surface area contributed by atoms with Gasteiger partial charge in [-0.3, -0.25) is 0 Å². The zero-order valence-electron chi connectivity index (χ0n) is 10.7. The molecule has 19 heavy (non-hydrogen) atoms. The van der Waals surface area contributed by atoms with Crippen molar-refractivity contribution in [1.82, 2.24) is 4.31 Å². The first-order chi connectivity index (χ1) is 8.72. The van der Waals surface area contributed by atoms with Crippen LogP contribution < -0.4 is 5.73 Å². The molecule has 0 aliphatic carbocycles. The van der Waals surface area contributed by atoms with Crippen LogP contribution in [0.5, 0.6) is 5.75 Å². The van der Waals surface area contributed by atoms with Gasteiger partial charge >= 0.3 is 0 Å². The van der Waals surface area contributed by atoms with Gasteiger partial charge in [-0.15, -0.1) is 0 Å². The third-order valence-corrected chi connectivity index (χ3v) is 5.12. The fraction of sp³-hybridized carbons (Fsp3) is 0.500. The Labute approximate surface area is 112 Å². The normalized spacial score (nSPS) is 25.4. The number of nitrogen functional groups attached to an aromatic ring is 1. The van der Waals surface area contributed by atoms with Gasteiger partial charge in [-0.2, -0.15) is 4.31 Å². The molecule has 1 atom stereocenters. The van der Waals surface area contributed by atoms with Gasteiger partial charge in [-0.25, -0.2) is 8.42 Å². The molecule has 1 aliphatic heterocycles. The number of hydrogen-bond acceptors (Lipinski definition) is 5. The highest BCUT2D eigenvalue weighted by Crippen LogP contribution is 2.29. The Morgan fingerprint density at radius 3 is 2.68 bits per heavy atom. The van der Waals surface area contributed by atoms with Crippen LogP contribution in [-0.4, -0.2) is 41.6 Å². The lowest BCUT2D eigenvalue weighted by Crippen LogP contribution is -2.48. The SMILES string of the molecule is CC1(O)CCCN(S(=O)(=O)c2ccc(O)c(N)c2)C1. The number of benzene rings is 1. The van der Waals surface area contributed by atoms with Crippen LogP contribution in [0.25, 0.3) is 0 Å². The van der Waals surface area contributed by atoms with Crippen molar-refractivity contribution in [3.05, 3.63) is 18.2 Å². The van der Waals surface area contributed by atoms with E-state index in [-0.39, 0.29) is 22.9 Å². The summed E-state index contributed by atoms with van der Waals surface area (Å²) in [4.78, 5) is 0.0282. The molecular weight excluding hydrogens is 268 g/mol. The number of piperidine rings is 1. The molecule has 1 heterocycles. The molecule has 1 saturated heterocycles. The van der Waals surface area contributed by atoms with Crippen LogP contribution >= 0.6 is 0 Å². The number of aliphatic hydroxyl groups is 1. The van der Waals surface area contributed by atoms with Crippen molar-refractivity contribution < 1.29 is 18.6 Å². The minimum absolute atomic E-state index is 0.0184. The molecular formula is C12H18N2O4S. The molecule has 106 valence electrons. The lowest BCUT2D eigenvalue weighted by molar-refractivity contribution is 0.00940. The van der Waals surface area contributed by atoms with E-state index in [0.29, 0.717) is 19.4 Å². The molecule has 0 spiro atoms. The van der Waals surface area contributed by atoms with E-state index in [0.717, 1.165) is 0 Å². The highest BCUT2D eigenvalue weighted by molar-refractivity contribution is 7.89. The Morgan fingerprint density at radius 1 is 1.42 bits per heavy atom. The molecule has 0 amide bonds. The molecule has 1 unspecified atom stereocenters. The first kappa shape index (κ1) is 14.1. The van der Waals surface area contributed by atoms with E-state index >= 15 is 0 Å². The molecule has 1 aromatic rings. The Bertz CT molecular complexity index is 583. The van der Waals surface area contributed by atoms with Crippen LogP contribution in [-0.2, 0) is 10.0 Å². The van der Waals surface area contributed by atoms with E-state index in [1.165, 1.54) is 22.5 Å². The van der Waals surface area contributed by atoms with Gasteiger partial charge in [0, 0.05) is 13.1 Å². The topological polar surface area (TPSA) is 104 Å². The molecule has 1 aromatic carbocycles. The van der Waals surface area contributed by atoms with Gasteiger partial charge in [0.25, 0.3) is 0 Å². The van der Waals surface area contributed by atoms with Crippen LogP contribution in [0.3, 0.4) is 0 Å². The van der Waals surface area contributed by atoms with E-state index in [9.17, 15) is 18.6 Å². The predicted molar refractivity (Wildman–Crippen MR) is 71.1 cm³/mol. The van der Waals surface area contributed by atoms with E-state index in [1.54, 1.807) is 6.92 Å². The van der Waals surface area contributed by atoms with Crippen molar-refractivity contribution in [1.29, 1.82) is 0 Å². The van der Waals surface area contributed by atoms with Crippen molar-refractivity contribution in [3.8, 4) is 5.75 Å². The summed E-state index contributed by atoms with van der Waals surface area (Å²) in [5.74, 6) is -0.149. The molecule has 0 bridgehead atoms. The second kappa shape index (κ2) is 4.66. The zero-order chi connectivity index (χ0) is 14.3. The average Bonchev–Trinajstić information content (AvgIpc) is 2.31. The molecule has 2 rings (SSSR count). The van der Waals surface area contributed by atoms with Crippen molar-refractivity contribution in [2.45, 2.75) is 30.3 Å². The average molecular weight is 286 g/mol. The van der Waals surface area contributed by atoms with Gasteiger partial charge in [0.15, 0.2) is 0 Å². The van der Waals surface area contributed by atoms with Crippen molar-refractivity contribution in [2.24, 2.45) is 0 Å². The summed E-state index contributed by atoms with van der Waals surface area (Å²) in [5, 5.41) is 19.3. The van der Waals surface area contributed by atoms with Crippen LogP contribution in [0.1, 0.15) is 19.8 Å². The molecule has 0 saturated carbocycles. The van der Waals surface area contributed by atoms with Crippen LogP contribution in [0.2, 0.25) is 0 Å². The van der Waals surface area contributed by atoms with Crippen LogP contribution in [0.4, 0.5) is 5.69 Å². The summed E-state index contributed by atoms with van der Waals surface area (Å²) in [7, 11) is -3.69. The summed E-state index contributed by atoms with van der Waals surface area (Å²) in [5.41, 5.74) is 4.53. The number of phenols is 1. The lowest BCUT2D eigenvalue weighted by atomic mass is 9.97. The fourth-order valence-electron chi connectivity index (χ4n) is 2.22. The maximum atomic E-state index is 12.4. The van der Waals surface area contributed by atoms with Gasteiger partial charge in [-0.1, -0.05) is 0 Å². The van der Waals surface area contributed by atoms with Gasteiger partial charge < -0.3 is 15.9 Å². The minimum atomic E-state index is -3.69. The molecule has 6 nitrogen and oxygen atoms in total. The first-order valence-corrected chi connectivity index (χ1v) is 7.47. The summed E-state index contributed by atoms with van der Waals surface area (Å²) >= 11 is 0. The number of sulfonamides is 1. The van der Waals surface area contributed by atoms with E-state index < -0.39 is 15.6 Å². The van der Waals surface area contributed by atoms with Crippen molar-refractivity contribution >= 4 is 15.7 Å². The van der Waals surface area contributed by atoms with E-state index in [4.69, 9.17) is 5.73 Å². The summed E-state index contributed by atoms with van der Waals surface area (Å²) in [6, 6.07) is 3.79. The molecule has 0 aromatic heterocycles. The van der Waals surface area contributed by atoms with Crippen LogP contribution in [0, 0.1) is 0 Å². The number of rotatable bonds is 2.